The number of anilines is 1. The first-order valence-electron chi connectivity index (χ1n) is 9.30. The number of hydrogen-bond acceptors (Lipinski definition) is 4. The van der Waals surface area contributed by atoms with Crippen molar-refractivity contribution in [2.24, 2.45) is 0 Å². The highest BCUT2D eigenvalue weighted by Gasteiger charge is 2.50. The van der Waals surface area contributed by atoms with Gasteiger partial charge in [0.25, 0.3) is 10.0 Å². The second kappa shape index (κ2) is 9.86. The first-order valence-corrected chi connectivity index (χ1v) is 10.8. The lowest BCUT2D eigenvalue weighted by Gasteiger charge is -2.16. The summed E-state index contributed by atoms with van der Waals surface area (Å²) in [6.45, 7) is 4.04. The van der Waals surface area contributed by atoms with Gasteiger partial charge >= 0.3 is 12.1 Å². The van der Waals surface area contributed by atoms with Crippen LogP contribution in [0.25, 0.3) is 0 Å². The first kappa shape index (κ1) is 24.9. The molecule has 7 nitrogen and oxygen atoms in total. The van der Waals surface area contributed by atoms with Crippen LogP contribution >= 0.6 is 0 Å². The number of sulfonamides is 1. The Bertz CT molecular complexity index is 1060. The minimum Gasteiger partial charge on any atom is -0.475 e. The van der Waals surface area contributed by atoms with Crippen molar-refractivity contribution in [3.63, 3.8) is 0 Å². The molecule has 3 rings (SSSR count). The van der Waals surface area contributed by atoms with E-state index in [1.165, 1.54) is 0 Å². The third kappa shape index (κ3) is 6.33. The molecule has 3 N–H and O–H groups in total. The van der Waals surface area contributed by atoms with Gasteiger partial charge in [-0.15, -0.1) is 6.58 Å². The molecule has 0 heterocycles. The number of alkyl halides is 3. The number of benzene rings is 2. The van der Waals surface area contributed by atoms with E-state index in [9.17, 15) is 26.4 Å². The number of rotatable bonds is 7. The summed E-state index contributed by atoms with van der Waals surface area (Å²) in [6.07, 6.45) is -1.84. The topological polar surface area (TPSA) is 113 Å². The van der Waals surface area contributed by atoms with Gasteiger partial charge in [0.15, 0.2) is 0 Å². The molecule has 0 atom stereocenters. The fourth-order valence-corrected chi connectivity index (χ4v) is 3.86. The molecule has 0 unspecified atom stereocenters. The van der Waals surface area contributed by atoms with Crippen LogP contribution in [-0.2, 0) is 25.0 Å². The predicted octanol–water partition coefficient (Wildman–Crippen LogP) is 3.45. The summed E-state index contributed by atoms with van der Waals surface area (Å²) in [6, 6.07) is 15.2. The summed E-state index contributed by atoms with van der Waals surface area (Å²) in [5.74, 6) is -2.77. The molecule has 2 aromatic rings. The molecule has 1 fully saturated rings. The molecule has 1 aliphatic rings. The summed E-state index contributed by atoms with van der Waals surface area (Å²) >= 11 is 0. The first-order chi connectivity index (χ1) is 14.9. The van der Waals surface area contributed by atoms with Gasteiger partial charge < -0.3 is 10.4 Å². The molecule has 0 aromatic heterocycles. The third-order valence-electron chi connectivity index (χ3n) is 4.58. The van der Waals surface area contributed by atoms with Crippen LogP contribution < -0.4 is 10.0 Å². The Hall–Kier alpha value is -3.34. The Morgan fingerprint density at radius 2 is 1.59 bits per heavy atom. The molecule has 1 aliphatic carbocycles. The van der Waals surface area contributed by atoms with E-state index < -0.39 is 27.6 Å². The van der Waals surface area contributed by atoms with E-state index >= 15 is 0 Å². The van der Waals surface area contributed by atoms with Crippen molar-refractivity contribution in [1.29, 1.82) is 0 Å². The lowest BCUT2D eigenvalue weighted by molar-refractivity contribution is -0.192. The highest BCUT2D eigenvalue weighted by atomic mass is 32.2. The maximum Gasteiger partial charge on any atom is 0.490 e. The SMILES string of the molecule is C=CCNC(=O)C1(c2ccc(NS(=O)(=O)c3ccccc3)cc2)CC1.O=C(O)C(F)(F)F. The molecule has 0 aliphatic heterocycles. The highest BCUT2D eigenvalue weighted by molar-refractivity contribution is 7.92. The number of carboxylic acid groups (broad SMARTS) is 1. The molecule has 0 radical (unpaired) electrons. The molecule has 0 spiro atoms. The lowest BCUT2D eigenvalue weighted by Crippen LogP contribution is -2.34. The van der Waals surface area contributed by atoms with Crippen molar-refractivity contribution in [2.45, 2.75) is 29.3 Å². The van der Waals surface area contributed by atoms with E-state index in [1.54, 1.807) is 48.5 Å². The summed E-state index contributed by atoms with van der Waals surface area (Å²) in [7, 11) is -3.61. The number of carbonyl (C=O) groups excluding carboxylic acids is 1. The fraction of sp³-hybridized carbons (Fsp3) is 0.238. The smallest absolute Gasteiger partial charge is 0.475 e. The number of halogens is 3. The number of carbonyl (C=O) groups is 2. The van der Waals surface area contributed by atoms with Crippen molar-refractivity contribution >= 4 is 27.6 Å². The van der Waals surface area contributed by atoms with Gasteiger partial charge in [0, 0.05) is 12.2 Å². The average Bonchev–Trinajstić information content (AvgIpc) is 3.55. The number of carboxylic acids is 1. The minimum atomic E-state index is -5.08. The Morgan fingerprint density at radius 3 is 2.03 bits per heavy atom. The quantitative estimate of drug-likeness (QED) is 0.537. The molecule has 11 heteroatoms. The van der Waals surface area contributed by atoms with Crippen LogP contribution in [0.15, 0.2) is 72.1 Å². The Labute approximate surface area is 183 Å². The third-order valence-corrected chi connectivity index (χ3v) is 5.97. The maximum absolute atomic E-state index is 12.3. The van der Waals surface area contributed by atoms with E-state index in [2.05, 4.69) is 16.6 Å². The Morgan fingerprint density at radius 1 is 1.06 bits per heavy atom. The van der Waals surface area contributed by atoms with E-state index in [0.29, 0.717) is 12.2 Å². The Balaban J connectivity index is 0.000000451. The lowest BCUT2D eigenvalue weighted by atomic mass is 9.95. The zero-order chi connectivity index (χ0) is 24.0. The molecule has 32 heavy (non-hydrogen) atoms. The molecule has 0 bridgehead atoms. The van der Waals surface area contributed by atoms with Crippen LogP contribution in [-0.4, -0.2) is 38.1 Å². The normalized spacial score (nSPS) is 14.3. The fourth-order valence-electron chi connectivity index (χ4n) is 2.78. The molecular formula is C21H21F3N2O5S. The van der Waals surface area contributed by atoms with Crippen LogP contribution in [0.5, 0.6) is 0 Å². The van der Waals surface area contributed by atoms with Crippen LogP contribution in [0.2, 0.25) is 0 Å². The van der Waals surface area contributed by atoms with Crippen molar-refractivity contribution in [1.82, 2.24) is 5.32 Å². The zero-order valence-electron chi connectivity index (χ0n) is 16.7. The summed E-state index contributed by atoms with van der Waals surface area (Å²) in [5, 5.41) is 9.96. The van der Waals surface area contributed by atoms with Crippen LogP contribution in [0, 0.1) is 0 Å². The van der Waals surface area contributed by atoms with Crippen LogP contribution in [0.1, 0.15) is 18.4 Å². The number of aliphatic carboxylic acids is 1. The molecule has 172 valence electrons. The van der Waals surface area contributed by atoms with E-state index in [-0.39, 0.29) is 10.8 Å². The zero-order valence-corrected chi connectivity index (χ0v) is 17.5. The monoisotopic (exact) mass is 470 g/mol. The van der Waals surface area contributed by atoms with Gasteiger partial charge in [-0.3, -0.25) is 9.52 Å². The summed E-state index contributed by atoms with van der Waals surface area (Å²) < 4.78 is 59.0. The molecule has 2 aromatic carbocycles. The van der Waals surface area contributed by atoms with Crippen molar-refractivity contribution < 1.29 is 36.3 Å². The molecular weight excluding hydrogens is 449 g/mol. The Kier molecular flexibility index (Phi) is 7.68. The van der Waals surface area contributed by atoms with Crippen LogP contribution in [0.4, 0.5) is 18.9 Å². The highest BCUT2D eigenvalue weighted by Crippen LogP contribution is 2.48. The van der Waals surface area contributed by atoms with Gasteiger partial charge in [-0.05, 0) is 42.7 Å². The van der Waals surface area contributed by atoms with Gasteiger partial charge in [-0.25, -0.2) is 13.2 Å². The maximum atomic E-state index is 12.3. The molecule has 1 amide bonds. The summed E-state index contributed by atoms with van der Waals surface area (Å²) in [4.78, 5) is 21.4. The van der Waals surface area contributed by atoms with E-state index in [4.69, 9.17) is 9.90 Å². The number of amides is 1. The van der Waals surface area contributed by atoms with Crippen LogP contribution in [0.3, 0.4) is 0 Å². The molecule has 1 saturated carbocycles. The second-order valence-corrected chi connectivity index (χ2v) is 8.56. The minimum absolute atomic E-state index is 0.00924. The van der Waals surface area contributed by atoms with E-state index in [0.717, 1.165) is 18.4 Å². The largest absolute Gasteiger partial charge is 0.490 e. The van der Waals surface area contributed by atoms with Crippen molar-refractivity contribution in [2.75, 3.05) is 11.3 Å². The number of nitrogens with one attached hydrogen (secondary N) is 2. The van der Waals surface area contributed by atoms with Crippen molar-refractivity contribution in [3.05, 3.63) is 72.8 Å². The van der Waals surface area contributed by atoms with Gasteiger partial charge in [-0.2, -0.15) is 13.2 Å². The van der Waals surface area contributed by atoms with Gasteiger partial charge in [-0.1, -0.05) is 36.4 Å². The second-order valence-electron chi connectivity index (χ2n) is 6.88. The van der Waals surface area contributed by atoms with Gasteiger partial charge in [0.1, 0.15) is 0 Å². The van der Waals surface area contributed by atoms with Gasteiger partial charge in [0.2, 0.25) is 5.91 Å². The number of hydrogen-bond donors (Lipinski definition) is 3. The van der Waals surface area contributed by atoms with Crippen molar-refractivity contribution in [3.8, 4) is 0 Å². The van der Waals surface area contributed by atoms with E-state index in [1.807, 2.05) is 12.1 Å². The standard InChI is InChI=1S/C19H20N2O3S.C2HF3O2/c1-2-14-20-18(22)19(12-13-19)15-8-10-16(11-9-15)21-25(23,24)17-6-4-3-5-7-17;3-2(4,5)1(6)7/h2-11,21H,1,12-14H2,(H,20,22);(H,6,7). The summed E-state index contributed by atoms with van der Waals surface area (Å²) in [5.41, 5.74) is 0.881. The van der Waals surface area contributed by atoms with Gasteiger partial charge in [0.05, 0.1) is 10.3 Å². The predicted molar refractivity (Wildman–Crippen MR) is 112 cm³/mol. The average molecular weight is 470 g/mol. The molecule has 0 saturated heterocycles.